The third kappa shape index (κ3) is 4.60. The molecule has 0 radical (unpaired) electrons. The van der Waals surface area contributed by atoms with Gasteiger partial charge in [-0.2, -0.15) is 5.26 Å². The van der Waals surface area contributed by atoms with E-state index in [1.54, 1.807) is 6.92 Å². The minimum absolute atomic E-state index is 0.00595. The molecule has 1 aromatic carbocycles. The van der Waals surface area contributed by atoms with Gasteiger partial charge < -0.3 is 29.4 Å². The van der Waals surface area contributed by atoms with Crippen LogP contribution in [-0.4, -0.2) is 39.4 Å². The van der Waals surface area contributed by atoms with E-state index in [-0.39, 0.29) is 52.5 Å². The van der Waals surface area contributed by atoms with Crippen LogP contribution in [0.2, 0.25) is 5.02 Å². The van der Waals surface area contributed by atoms with E-state index in [4.69, 9.17) is 36.3 Å². The second-order valence-corrected chi connectivity index (χ2v) is 6.41. The summed E-state index contributed by atoms with van der Waals surface area (Å²) in [6.45, 7) is 3.22. The number of hydrogen-bond acceptors (Lipinski definition) is 9. The minimum Gasteiger partial charge on any atom is -0.490 e. The molecule has 0 unspecified atom stereocenters. The van der Waals surface area contributed by atoms with Gasteiger partial charge in [0.1, 0.15) is 17.4 Å². The quantitative estimate of drug-likeness (QED) is 0.640. The minimum atomic E-state index is -0.947. The van der Waals surface area contributed by atoms with Gasteiger partial charge in [0.2, 0.25) is 5.88 Å². The highest BCUT2D eigenvalue weighted by molar-refractivity contribution is 6.31. The lowest BCUT2D eigenvalue weighted by Crippen LogP contribution is -2.25. The highest BCUT2D eigenvalue weighted by Gasteiger charge is 2.37. The van der Waals surface area contributed by atoms with E-state index < -0.39 is 17.9 Å². The summed E-state index contributed by atoms with van der Waals surface area (Å²) >= 11 is 6.47. The van der Waals surface area contributed by atoms with Crippen LogP contribution in [0.5, 0.6) is 11.5 Å². The third-order valence-electron chi connectivity index (χ3n) is 4.26. The van der Waals surface area contributed by atoms with Gasteiger partial charge in [0.15, 0.2) is 18.1 Å². The maximum atomic E-state index is 12.4. The summed E-state index contributed by atoms with van der Waals surface area (Å²) in [6, 6.07) is 4.92. The molecule has 30 heavy (non-hydrogen) atoms. The third-order valence-corrected chi connectivity index (χ3v) is 4.59. The van der Waals surface area contributed by atoms with Gasteiger partial charge in [-0.25, -0.2) is 9.59 Å². The molecule has 1 atom stereocenters. The van der Waals surface area contributed by atoms with Crippen LogP contribution in [0.1, 0.15) is 25.3 Å². The number of rotatable bonds is 7. The van der Waals surface area contributed by atoms with Crippen molar-refractivity contribution in [3.63, 3.8) is 0 Å². The average molecular weight is 437 g/mol. The van der Waals surface area contributed by atoms with Gasteiger partial charge in [-0.3, -0.25) is 0 Å². The molecular formula is C20H21ClN2O7. The first-order valence-electron chi connectivity index (χ1n) is 8.81. The van der Waals surface area contributed by atoms with Crippen molar-refractivity contribution in [3.8, 4) is 17.6 Å². The molecule has 1 aliphatic rings. The lowest BCUT2D eigenvalue weighted by atomic mass is 9.83. The summed E-state index contributed by atoms with van der Waals surface area (Å²) in [6.07, 6.45) is 0. The number of methoxy groups -OCH3 is 2. The molecule has 0 aromatic heterocycles. The topological polar surface area (TPSA) is 130 Å². The van der Waals surface area contributed by atoms with E-state index >= 15 is 0 Å². The fourth-order valence-corrected chi connectivity index (χ4v) is 3.18. The first-order chi connectivity index (χ1) is 14.3. The van der Waals surface area contributed by atoms with E-state index in [1.165, 1.54) is 33.3 Å². The molecular weight excluding hydrogens is 416 g/mol. The summed E-state index contributed by atoms with van der Waals surface area (Å²) in [4.78, 5) is 23.9. The predicted molar refractivity (Wildman–Crippen MR) is 106 cm³/mol. The number of halogens is 1. The average Bonchev–Trinajstić information content (AvgIpc) is 2.72. The molecule has 10 heteroatoms. The number of carbonyl (C=O) groups is 2. The molecule has 0 amide bonds. The molecule has 9 nitrogen and oxygen atoms in total. The van der Waals surface area contributed by atoms with E-state index in [1.807, 2.05) is 6.07 Å². The number of allylic oxidation sites excluding steroid dienone is 2. The predicted octanol–water partition coefficient (Wildman–Crippen LogP) is 2.55. The molecule has 0 fully saturated rings. The van der Waals surface area contributed by atoms with Crippen LogP contribution in [0, 0.1) is 11.3 Å². The summed E-state index contributed by atoms with van der Waals surface area (Å²) < 4.78 is 25.8. The van der Waals surface area contributed by atoms with Crippen LogP contribution >= 0.6 is 11.6 Å². The van der Waals surface area contributed by atoms with Crippen LogP contribution in [0.3, 0.4) is 0 Å². The molecule has 1 aromatic rings. The van der Waals surface area contributed by atoms with Crippen LogP contribution < -0.4 is 15.2 Å². The first-order valence-corrected chi connectivity index (χ1v) is 9.19. The van der Waals surface area contributed by atoms with Crippen molar-refractivity contribution >= 4 is 23.5 Å². The first kappa shape index (κ1) is 22.9. The van der Waals surface area contributed by atoms with Crippen molar-refractivity contribution in [2.75, 3.05) is 27.4 Å². The molecule has 160 valence electrons. The van der Waals surface area contributed by atoms with E-state index in [2.05, 4.69) is 4.74 Å². The Labute approximate surface area is 178 Å². The second-order valence-electron chi connectivity index (χ2n) is 6.00. The summed E-state index contributed by atoms with van der Waals surface area (Å²) in [5.41, 5.74) is 6.31. The van der Waals surface area contributed by atoms with Crippen molar-refractivity contribution in [1.82, 2.24) is 0 Å². The van der Waals surface area contributed by atoms with Gasteiger partial charge in [0.25, 0.3) is 0 Å². The number of nitriles is 1. The van der Waals surface area contributed by atoms with Crippen LogP contribution in [0.25, 0.3) is 0 Å². The van der Waals surface area contributed by atoms with Gasteiger partial charge in [-0.15, -0.1) is 0 Å². The van der Waals surface area contributed by atoms with Crippen molar-refractivity contribution in [2.24, 2.45) is 5.73 Å². The fraction of sp³-hybridized carbons (Fsp3) is 0.350. The summed E-state index contributed by atoms with van der Waals surface area (Å²) in [7, 11) is 2.45. The highest BCUT2D eigenvalue weighted by atomic mass is 35.5. The fourth-order valence-electron chi connectivity index (χ4n) is 2.92. The Morgan fingerprint density at radius 3 is 2.47 bits per heavy atom. The van der Waals surface area contributed by atoms with Crippen molar-refractivity contribution in [1.29, 1.82) is 5.26 Å². The standard InChI is InChI=1S/C20H21ClN2O7/c1-5-28-14-6-11(13(21)7-15(14)29-9-16(24)26-3)18-12(8-22)19(23)30-10(2)17(18)20(25)27-4/h6-7,18H,5,9,23H2,1-4H3/t18-/m1/s1. The largest absolute Gasteiger partial charge is 0.490 e. The number of benzene rings is 1. The van der Waals surface area contributed by atoms with E-state index in [9.17, 15) is 14.9 Å². The SMILES string of the molecule is CCOc1cc([C@@H]2C(C#N)=C(N)OC(C)=C2C(=O)OC)c(Cl)cc1OCC(=O)OC. The molecule has 2 N–H and O–H groups in total. The number of hydrogen-bond donors (Lipinski definition) is 1. The van der Waals surface area contributed by atoms with Crippen LogP contribution in [-0.2, 0) is 23.8 Å². The molecule has 1 aliphatic heterocycles. The number of nitrogens with two attached hydrogens (primary N) is 1. The summed E-state index contributed by atoms with van der Waals surface area (Å²) in [5, 5.41) is 9.80. The zero-order chi connectivity index (χ0) is 22.4. The Morgan fingerprint density at radius 2 is 1.90 bits per heavy atom. The molecule has 0 bridgehead atoms. The molecule has 0 saturated carbocycles. The van der Waals surface area contributed by atoms with E-state index in [0.717, 1.165) is 0 Å². The smallest absolute Gasteiger partial charge is 0.343 e. The van der Waals surface area contributed by atoms with Gasteiger partial charge >= 0.3 is 11.9 Å². The monoisotopic (exact) mass is 436 g/mol. The Balaban J connectivity index is 2.65. The maximum Gasteiger partial charge on any atom is 0.343 e. The zero-order valence-corrected chi connectivity index (χ0v) is 17.7. The molecule has 1 heterocycles. The number of esters is 2. The Kier molecular flexibility index (Phi) is 7.55. The number of nitrogens with zero attached hydrogens (tertiary/aromatic N) is 1. The lowest BCUT2D eigenvalue weighted by molar-refractivity contribution is -0.143. The van der Waals surface area contributed by atoms with Crippen molar-refractivity contribution in [3.05, 3.63) is 45.5 Å². The Bertz CT molecular complexity index is 963. The van der Waals surface area contributed by atoms with Crippen molar-refractivity contribution in [2.45, 2.75) is 19.8 Å². The second kappa shape index (κ2) is 9.89. The van der Waals surface area contributed by atoms with E-state index in [0.29, 0.717) is 5.56 Å². The molecule has 0 aliphatic carbocycles. The van der Waals surface area contributed by atoms with Gasteiger partial charge in [0.05, 0.1) is 32.3 Å². The van der Waals surface area contributed by atoms with Crippen LogP contribution in [0.15, 0.2) is 34.9 Å². The normalized spacial score (nSPS) is 15.8. The summed E-state index contributed by atoms with van der Waals surface area (Å²) in [5.74, 6) is -1.74. The molecule has 0 spiro atoms. The highest BCUT2D eigenvalue weighted by Crippen LogP contribution is 2.45. The molecule has 0 saturated heterocycles. The van der Waals surface area contributed by atoms with Gasteiger partial charge in [0, 0.05) is 11.1 Å². The van der Waals surface area contributed by atoms with Crippen LogP contribution in [0.4, 0.5) is 0 Å². The Morgan fingerprint density at radius 1 is 1.23 bits per heavy atom. The zero-order valence-electron chi connectivity index (χ0n) is 16.9. The molecule has 2 rings (SSSR count). The number of ether oxygens (including phenoxy) is 5. The van der Waals surface area contributed by atoms with Gasteiger partial charge in [-0.05, 0) is 25.5 Å². The van der Waals surface area contributed by atoms with Crippen molar-refractivity contribution < 1.29 is 33.3 Å². The van der Waals surface area contributed by atoms with Gasteiger partial charge in [-0.1, -0.05) is 11.6 Å². The number of carbonyl (C=O) groups excluding carboxylic acids is 2. The Hall–Kier alpha value is -3.38. The maximum absolute atomic E-state index is 12.4. The lowest BCUT2D eigenvalue weighted by Gasteiger charge is -2.27.